The van der Waals surface area contributed by atoms with E-state index in [1.54, 1.807) is 24.0 Å². The molecule has 1 amide bonds. The van der Waals surface area contributed by atoms with Gasteiger partial charge in [0.2, 0.25) is 0 Å². The summed E-state index contributed by atoms with van der Waals surface area (Å²) < 4.78 is 5.60. The zero-order chi connectivity index (χ0) is 15.7. The number of aromatic nitrogens is 2. The third kappa shape index (κ3) is 2.69. The molecular weight excluding hydrogens is 286 g/mol. The van der Waals surface area contributed by atoms with E-state index in [2.05, 4.69) is 10.2 Å². The summed E-state index contributed by atoms with van der Waals surface area (Å²) in [6.45, 7) is 2.55. The number of rotatable bonds is 3. The molecule has 7 heteroatoms. The van der Waals surface area contributed by atoms with E-state index < -0.39 is 6.10 Å². The molecule has 1 atom stereocenters. The van der Waals surface area contributed by atoms with Crippen LogP contribution >= 0.6 is 0 Å². The van der Waals surface area contributed by atoms with Crippen molar-refractivity contribution >= 4 is 5.91 Å². The maximum Gasteiger partial charge on any atom is 0.267 e. The number of benzene rings is 1. The van der Waals surface area contributed by atoms with Gasteiger partial charge in [-0.15, -0.1) is 0 Å². The van der Waals surface area contributed by atoms with Gasteiger partial charge in [-0.25, -0.2) is 0 Å². The number of hydrogen-bond donors (Lipinski definition) is 3. The first-order chi connectivity index (χ1) is 10.5. The van der Waals surface area contributed by atoms with Crippen molar-refractivity contribution in [2.45, 2.75) is 26.0 Å². The van der Waals surface area contributed by atoms with Crippen LogP contribution in [0, 0.1) is 0 Å². The summed E-state index contributed by atoms with van der Waals surface area (Å²) in [5.41, 5.74) is 1.35. The van der Waals surface area contributed by atoms with Crippen LogP contribution in [0.25, 0.3) is 0 Å². The number of aromatic amines is 2. The molecule has 0 bridgehead atoms. The Hall–Kier alpha value is -2.70. The fraction of sp³-hybridized carbons (Fsp3) is 0.333. The van der Waals surface area contributed by atoms with E-state index in [0.717, 1.165) is 11.3 Å². The van der Waals surface area contributed by atoms with Gasteiger partial charge >= 0.3 is 0 Å². The number of phenols is 1. The Morgan fingerprint density at radius 1 is 1.32 bits per heavy atom. The summed E-state index contributed by atoms with van der Waals surface area (Å²) in [4.78, 5) is 25.6. The minimum Gasteiger partial charge on any atom is -0.508 e. The lowest BCUT2D eigenvalue weighted by atomic mass is 10.1. The van der Waals surface area contributed by atoms with Gasteiger partial charge in [0.25, 0.3) is 11.5 Å². The summed E-state index contributed by atoms with van der Waals surface area (Å²) in [5, 5.41) is 14.6. The predicted molar refractivity (Wildman–Crippen MR) is 78.7 cm³/mol. The van der Waals surface area contributed by atoms with E-state index in [9.17, 15) is 14.7 Å². The van der Waals surface area contributed by atoms with Gasteiger partial charge in [0.15, 0.2) is 6.10 Å². The molecule has 2 heterocycles. The summed E-state index contributed by atoms with van der Waals surface area (Å²) in [6.07, 6.45) is -0.108. The molecule has 0 saturated carbocycles. The molecule has 0 fully saturated rings. The van der Waals surface area contributed by atoms with Crippen LogP contribution in [-0.2, 0) is 17.8 Å². The molecule has 22 heavy (non-hydrogen) atoms. The Labute approximate surface area is 126 Å². The second-order valence-corrected chi connectivity index (χ2v) is 5.30. The number of amides is 1. The molecule has 0 spiro atoms. The average Bonchev–Trinajstić information content (AvgIpc) is 2.89. The van der Waals surface area contributed by atoms with Crippen LogP contribution in [0.1, 0.15) is 18.2 Å². The van der Waals surface area contributed by atoms with Crippen molar-refractivity contribution < 1.29 is 14.6 Å². The molecule has 1 unspecified atom stereocenters. The summed E-state index contributed by atoms with van der Waals surface area (Å²) in [7, 11) is 0. The topological polar surface area (TPSA) is 98.4 Å². The quantitative estimate of drug-likeness (QED) is 0.779. The Kier molecular flexibility index (Phi) is 3.62. The van der Waals surface area contributed by atoms with Crippen molar-refractivity contribution in [1.82, 2.24) is 15.1 Å². The molecule has 1 aliphatic heterocycles. The molecular formula is C15H17N3O4. The molecule has 7 nitrogen and oxygen atoms in total. The SMILES string of the molecule is CC(Oc1ccc(O)cc1)C(=O)N1CCc2c([nH][nH]c2=O)C1. The maximum atomic E-state index is 12.4. The van der Waals surface area contributed by atoms with Crippen LogP contribution in [0.5, 0.6) is 11.5 Å². The van der Waals surface area contributed by atoms with Crippen molar-refractivity contribution in [3.8, 4) is 11.5 Å². The summed E-state index contributed by atoms with van der Waals surface area (Å²) >= 11 is 0. The Bertz CT molecular complexity index is 732. The summed E-state index contributed by atoms with van der Waals surface area (Å²) in [6, 6.07) is 6.22. The van der Waals surface area contributed by atoms with Crippen LogP contribution in [0.15, 0.2) is 29.1 Å². The average molecular weight is 303 g/mol. The van der Waals surface area contributed by atoms with Crippen molar-refractivity contribution in [1.29, 1.82) is 0 Å². The number of fused-ring (bicyclic) bond motifs is 1. The van der Waals surface area contributed by atoms with Crippen molar-refractivity contribution in [2.24, 2.45) is 0 Å². The van der Waals surface area contributed by atoms with Crippen LogP contribution < -0.4 is 10.3 Å². The lowest BCUT2D eigenvalue weighted by Crippen LogP contribution is -2.43. The van der Waals surface area contributed by atoms with Gasteiger partial charge in [-0.1, -0.05) is 0 Å². The van der Waals surface area contributed by atoms with Crippen molar-refractivity contribution in [3.05, 3.63) is 45.9 Å². The monoisotopic (exact) mass is 303 g/mol. The lowest BCUT2D eigenvalue weighted by Gasteiger charge is -2.28. The first-order valence-electron chi connectivity index (χ1n) is 7.07. The highest BCUT2D eigenvalue weighted by molar-refractivity contribution is 5.81. The van der Waals surface area contributed by atoms with Crippen molar-refractivity contribution in [3.63, 3.8) is 0 Å². The number of nitrogens with zero attached hydrogens (tertiary/aromatic N) is 1. The smallest absolute Gasteiger partial charge is 0.267 e. The molecule has 116 valence electrons. The lowest BCUT2D eigenvalue weighted by molar-refractivity contribution is -0.139. The zero-order valence-electron chi connectivity index (χ0n) is 12.1. The van der Waals surface area contributed by atoms with E-state index in [1.165, 1.54) is 12.1 Å². The van der Waals surface area contributed by atoms with Crippen LogP contribution in [0.2, 0.25) is 0 Å². The van der Waals surface area contributed by atoms with E-state index >= 15 is 0 Å². The maximum absolute atomic E-state index is 12.4. The van der Waals surface area contributed by atoms with Gasteiger partial charge in [0.1, 0.15) is 11.5 Å². The number of H-pyrrole nitrogens is 2. The van der Waals surface area contributed by atoms with E-state index in [1.807, 2.05) is 0 Å². The van der Waals surface area contributed by atoms with Crippen LogP contribution in [0.3, 0.4) is 0 Å². The van der Waals surface area contributed by atoms with E-state index in [0.29, 0.717) is 25.3 Å². The number of carbonyl (C=O) groups is 1. The molecule has 1 aromatic heterocycles. The van der Waals surface area contributed by atoms with Crippen molar-refractivity contribution in [2.75, 3.05) is 6.54 Å². The largest absolute Gasteiger partial charge is 0.508 e. The number of hydrogen-bond acceptors (Lipinski definition) is 4. The molecule has 0 aliphatic carbocycles. The second kappa shape index (κ2) is 5.59. The number of ether oxygens (including phenoxy) is 1. The number of aromatic hydroxyl groups is 1. The molecule has 3 N–H and O–H groups in total. The number of nitrogens with one attached hydrogen (secondary N) is 2. The molecule has 3 rings (SSSR count). The minimum absolute atomic E-state index is 0.115. The predicted octanol–water partition coefficient (Wildman–Crippen LogP) is 0.761. The molecule has 1 aliphatic rings. The van der Waals surface area contributed by atoms with Gasteiger partial charge in [0.05, 0.1) is 12.2 Å². The highest BCUT2D eigenvalue weighted by atomic mass is 16.5. The normalized spacial score (nSPS) is 15.2. The number of carbonyl (C=O) groups excluding carboxylic acids is 1. The van der Waals surface area contributed by atoms with Gasteiger partial charge in [-0.3, -0.25) is 14.7 Å². The fourth-order valence-corrected chi connectivity index (χ4v) is 2.56. The van der Waals surface area contributed by atoms with Gasteiger partial charge in [-0.05, 0) is 37.6 Å². The molecule has 0 radical (unpaired) electrons. The highest BCUT2D eigenvalue weighted by Gasteiger charge is 2.27. The van der Waals surface area contributed by atoms with E-state index in [-0.39, 0.29) is 17.2 Å². The van der Waals surface area contributed by atoms with Gasteiger partial charge in [0, 0.05) is 12.1 Å². The summed E-state index contributed by atoms with van der Waals surface area (Å²) in [5.74, 6) is 0.526. The Morgan fingerprint density at radius 3 is 2.77 bits per heavy atom. The second-order valence-electron chi connectivity index (χ2n) is 5.30. The van der Waals surface area contributed by atoms with Crippen LogP contribution in [0.4, 0.5) is 0 Å². The first-order valence-corrected chi connectivity index (χ1v) is 7.07. The van der Waals surface area contributed by atoms with Crippen LogP contribution in [-0.4, -0.2) is 38.8 Å². The van der Waals surface area contributed by atoms with E-state index in [4.69, 9.17) is 4.74 Å². The third-order valence-electron chi connectivity index (χ3n) is 3.76. The first kappa shape index (κ1) is 14.2. The highest BCUT2D eigenvalue weighted by Crippen LogP contribution is 2.19. The number of phenolic OH excluding ortho intramolecular Hbond substituents is 1. The zero-order valence-corrected chi connectivity index (χ0v) is 12.1. The fourth-order valence-electron chi connectivity index (χ4n) is 2.56. The Morgan fingerprint density at radius 2 is 2.05 bits per heavy atom. The molecule has 2 aromatic rings. The Balaban J connectivity index is 1.66. The molecule has 1 aromatic carbocycles. The third-order valence-corrected chi connectivity index (χ3v) is 3.76. The van der Waals surface area contributed by atoms with Gasteiger partial charge < -0.3 is 19.8 Å². The minimum atomic E-state index is -0.642. The standard InChI is InChI=1S/C15H17N3O4/c1-9(22-11-4-2-10(19)3-5-11)15(21)18-7-6-12-13(8-18)16-17-14(12)20/h2-5,9,19H,6-8H2,1H3,(H2,16,17,20). The molecule has 0 saturated heterocycles. The van der Waals surface area contributed by atoms with Gasteiger partial charge in [-0.2, -0.15) is 0 Å².